The molecule has 7 nitrogen and oxygen atoms in total. The van der Waals surface area contributed by atoms with Crippen molar-refractivity contribution in [1.82, 2.24) is 19.9 Å². The normalized spacial score (nSPS) is 16.2. The van der Waals surface area contributed by atoms with Crippen LogP contribution >= 0.6 is 11.6 Å². The second kappa shape index (κ2) is 7.68. The highest BCUT2D eigenvalue weighted by Gasteiger charge is 2.25. The van der Waals surface area contributed by atoms with Gasteiger partial charge in [-0.25, -0.2) is 4.98 Å². The molecule has 3 heterocycles. The number of aromatic nitrogens is 3. The zero-order chi connectivity index (χ0) is 21.5. The number of aromatic amines is 1. The van der Waals surface area contributed by atoms with E-state index in [1.165, 1.54) is 0 Å². The average molecular weight is 435 g/mol. The van der Waals surface area contributed by atoms with Crippen LogP contribution < -0.4 is 0 Å². The molecule has 1 atom stereocenters. The predicted octanol–water partition coefficient (Wildman–Crippen LogP) is 3.86. The highest BCUT2D eigenvalue weighted by atomic mass is 35.5. The van der Waals surface area contributed by atoms with E-state index in [1.807, 2.05) is 48.5 Å². The van der Waals surface area contributed by atoms with Gasteiger partial charge in [-0.15, -0.1) is 0 Å². The lowest BCUT2D eigenvalue weighted by molar-refractivity contribution is 0.0765. The van der Waals surface area contributed by atoms with E-state index in [0.717, 1.165) is 16.7 Å². The van der Waals surface area contributed by atoms with Crippen LogP contribution in [-0.4, -0.2) is 55.2 Å². The summed E-state index contributed by atoms with van der Waals surface area (Å²) in [5.41, 5.74) is 4.97. The number of β-amino-alcohol motifs (C(OH)–C–C–N with tert-alkyl or cyclic N) is 1. The molecule has 1 unspecified atom stereocenters. The summed E-state index contributed by atoms with van der Waals surface area (Å²) in [6.45, 7) is 0.978. The van der Waals surface area contributed by atoms with E-state index < -0.39 is 6.10 Å². The maximum Gasteiger partial charge on any atom is 0.293 e. The third kappa shape index (κ3) is 3.73. The zero-order valence-electron chi connectivity index (χ0n) is 16.4. The molecule has 1 aliphatic rings. The van der Waals surface area contributed by atoms with E-state index >= 15 is 0 Å². The topological polar surface area (TPSA) is 102 Å². The summed E-state index contributed by atoms with van der Waals surface area (Å²) in [7, 11) is 0. The second-order valence-corrected chi connectivity index (χ2v) is 8.01. The maximum atomic E-state index is 12.5. The summed E-state index contributed by atoms with van der Waals surface area (Å²) in [6.07, 6.45) is 0.202. The van der Waals surface area contributed by atoms with Crippen LogP contribution in [0, 0.1) is 0 Å². The Hall–Kier alpha value is -3.42. The lowest BCUT2D eigenvalue weighted by Gasteiger charge is -2.15. The molecule has 8 heteroatoms. The number of nitrogens with one attached hydrogen (secondary N) is 1. The summed E-state index contributed by atoms with van der Waals surface area (Å²) < 4.78 is 0. The van der Waals surface area contributed by atoms with Gasteiger partial charge >= 0.3 is 0 Å². The van der Waals surface area contributed by atoms with Crippen molar-refractivity contribution < 1.29 is 15.0 Å². The van der Waals surface area contributed by atoms with E-state index in [9.17, 15) is 15.0 Å². The van der Waals surface area contributed by atoms with Crippen LogP contribution in [0.2, 0.25) is 5.02 Å². The molecule has 0 aliphatic carbocycles. The summed E-state index contributed by atoms with van der Waals surface area (Å²) in [4.78, 5) is 25.3. The number of hydrogen-bond acceptors (Lipinski definition) is 5. The number of imidazole rings is 1. The number of nitrogens with zero attached hydrogens (tertiary/aromatic N) is 3. The Balaban J connectivity index is 1.38. The Morgan fingerprint density at radius 1 is 1.03 bits per heavy atom. The molecule has 0 spiro atoms. The Morgan fingerprint density at radius 3 is 2.32 bits per heavy atom. The van der Waals surface area contributed by atoms with Crippen molar-refractivity contribution in [3.05, 3.63) is 65.2 Å². The summed E-state index contributed by atoms with van der Waals surface area (Å²) >= 11 is 6.37. The molecule has 0 bridgehead atoms. The molecule has 5 rings (SSSR count). The van der Waals surface area contributed by atoms with E-state index in [-0.39, 0.29) is 11.9 Å². The van der Waals surface area contributed by atoms with Crippen molar-refractivity contribution in [3.8, 4) is 28.4 Å². The van der Waals surface area contributed by atoms with Crippen molar-refractivity contribution in [2.45, 2.75) is 12.5 Å². The molecule has 156 valence electrons. The minimum atomic E-state index is -0.427. The van der Waals surface area contributed by atoms with E-state index in [2.05, 4.69) is 15.0 Å². The number of rotatable bonds is 3. The van der Waals surface area contributed by atoms with Crippen LogP contribution in [0.4, 0.5) is 0 Å². The number of H-pyrrole nitrogens is 1. The van der Waals surface area contributed by atoms with E-state index in [0.29, 0.717) is 47.0 Å². The van der Waals surface area contributed by atoms with Gasteiger partial charge in [-0.1, -0.05) is 48.0 Å². The van der Waals surface area contributed by atoms with Crippen molar-refractivity contribution in [1.29, 1.82) is 0 Å². The molecule has 1 aliphatic heterocycles. The number of benzene rings is 2. The summed E-state index contributed by atoms with van der Waals surface area (Å²) in [5.74, 6) is -0.0565. The number of likely N-dealkylation sites (tertiary alicyclic amines) is 1. The summed E-state index contributed by atoms with van der Waals surface area (Å²) in [5, 5.41) is 19.6. The largest absolute Gasteiger partial charge is 0.480 e. The molecular weight excluding hydrogens is 416 g/mol. The third-order valence-corrected chi connectivity index (χ3v) is 5.78. The van der Waals surface area contributed by atoms with Gasteiger partial charge in [-0.3, -0.25) is 4.79 Å². The van der Waals surface area contributed by atoms with Crippen molar-refractivity contribution >= 4 is 28.7 Å². The molecule has 2 aromatic carbocycles. The van der Waals surface area contributed by atoms with Gasteiger partial charge in [0.15, 0.2) is 5.65 Å². The number of pyridine rings is 1. The Kier molecular flexibility index (Phi) is 4.84. The van der Waals surface area contributed by atoms with E-state index in [4.69, 9.17) is 11.6 Å². The predicted molar refractivity (Wildman–Crippen MR) is 118 cm³/mol. The molecule has 0 saturated carbocycles. The van der Waals surface area contributed by atoms with Crippen molar-refractivity contribution in [2.75, 3.05) is 13.1 Å². The number of amides is 1. The van der Waals surface area contributed by atoms with Crippen LogP contribution in [-0.2, 0) is 0 Å². The molecule has 1 fully saturated rings. The highest BCUT2D eigenvalue weighted by Crippen LogP contribution is 2.31. The highest BCUT2D eigenvalue weighted by molar-refractivity contribution is 6.33. The molecule has 2 aromatic heterocycles. The second-order valence-electron chi connectivity index (χ2n) is 7.60. The number of aromatic hydroxyl groups is 1. The Morgan fingerprint density at radius 2 is 1.68 bits per heavy atom. The monoisotopic (exact) mass is 434 g/mol. The first-order valence-corrected chi connectivity index (χ1v) is 10.3. The van der Waals surface area contributed by atoms with Crippen molar-refractivity contribution in [2.24, 2.45) is 0 Å². The van der Waals surface area contributed by atoms with E-state index in [1.54, 1.807) is 11.0 Å². The van der Waals surface area contributed by atoms with Crippen LogP contribution in [0.15, 0.2) is 54.6 Å². The molecule has 1 amide bonds. The fraction of sp³-hybridized carbons (Fsp3) is 0.174. The standard InChI is InChI=1S/C23H19ClN4O3/c24-18-11-19-21(27-23(31)25-19)26-20(18)15-5-1-13(2-6-15)14-3-7-16(8-4-14)22(30)28-10-9-17(29)12-28/h1-8,11,17,29H,9-10,12H2,(H2,25,26,27,31). The van der Waals surface area contributed by atoms with Crippen molar-refractivity contribution in [3.63, 3.8) is 0 Å². The molecule has 4 aromatic rings. The zero-order valence-corrected chi connectivity index (χ0v) is 17.2. The number of hydrogen-bond donors (Lipinski definition) is 3. The number of carbonyl (C=O) groups is 1. The first-order valence-electron chi connectivity index (χ1n) is 9.91. The Bertz CT molecular complexity index is 1270. The quantitative estimate of drug-likeness (QED) is 0.454. The van der Waals surface area contributed by atoms with Gasteiger partial charge in [-0.05, 0) is 35.7 Å². The molecule has 1 saturated heterocycles. The first-order chi connectivity index (χ1) is 15.0. The number of carbonyl (C=O) groups excluding carboxylic acids is 1. The SMILES string of the molecule is O=C(c1ccc(-c2ccc(-c3nc4nc(O)[nH]c4cc3Cl)cc2)cc1)N1CCC(O)C1. The van der Waals surface area contributed by atoms with Gasteiger partial charge in [-0.2, -0.15) is 4.98 Å². The number of aliphatic hydroxyl groups is 1. The molecule has 3 N–H and O–H groups in total. The minimum absolute atomic E-state index is 0.0565. The van der Waals surface area contributed by atoms with Gasteiger partial charge < -0.3 is 20.1 Å². The van der Waals surface area contributed by atoms with Gasteiger partial charge in [0.1, 0.15) is 0 Å². The van der Waals surface area contributed by atoms with Crippen LogP contribution in [0.25, 0.3) is 33.5 Å². The maximum absolute atomic E-state index is 12.5. The fourth-order valence-corrected chi connectivity index (χ4v) is 4.10. The summed E-state index contributed by atoms with van der Waals surface area (Å²) in [6, 6.07) is 16.7. The average Bonchev–Trinajstić information content (AvgIpc) is 3.37. The van der Waals surface area contributed by atoms with Gasteiger partial charge in [0.25, 0.3) is 11.9 Å². The van der Waals surface area contributed by atoms with Crippen LogP contribution in [0.5, 0.6) is 6.01 Å². The first kappa shape index (κ1) is 19.5. The minimum Gasteiger partial charge on any atom is -0.480 e. The smallest absolute Gasteiger partial charge is 0.293 e. The van der Waals surface area contributed by atoms with Crippen LogP contribution in [0.1, 0.15) is 16.8 Å². The third-order valence-electron chi connectivity index (χ3n) is 5.49. The molecule has 0 radical (unpaired) electrons. The Labute approximate surface area is 183 Å². The molecule has 31 heavy (non-hydrogen) atoms. The number of aliphatic hydroxyl groups excluding tert-OH is 1. The van der Waals surface area contributed by atoms with Gasteiger partial charge in [0.05, 0.1) is 22.3 Å². The number of halogens is 1. The van der Waals surface area contributed by atoms with Gasteiger partial charge in [0.2, 0.25) is 0 Å². The van der Waals surface area contributed by atoms with Gasteiger partial charge in [0, 0.05) is 24.2 Å². The number of fused-ring (bicyclic) bond motifs is 1. The van der Waals surface area contributed by atoms with Crippen LogP contribution in [0.3, 0.4) is 0 Å². The molecular formula is C23H19ClN4O3. The fourth-order valence-electron chi connectivity index (χ4n) is 3.84. The lowest BCUT2D eigenvalue weighted by atomic mass is 10.0. The lowest BCUT2D eigenvalue weighted by Crippen LogP contribution is -2.29.